The van der Waals surface area contributed by atoms with Crippen molar-refractivity contribution in [3.05, 3.63) is 5.82 Å². The van der Waals surface area contributed by atoms with Crippen LogP contribution in [0.3, 0.4) is 0 Å². The summed E-state index contributed by atoms with van der Waals surface area (Å²) >= 11 is 1.46. The lowest BCUT2D eigenvalue weighted by Gasteiger charge is -2.31. The Morgan fingerprint density at radius 2 is 2.31 bits per heavy atom. The van der Waals surface area contributed by atoms with Crippen molar-refractivity contribution < 1.29 is 4.74 Å². The lowest BCUT2D eigenvalue weighted by Crippen LogP contribution is -2.31. The van der Waals surface area contributed by atoms with Gasteiger partial charge in [0.2, 0.25) is 5.13 Å². The van der Waals surface area contributed by atoms with Crippen LogP contribution in [0.2, 0.25) is 0 Å². The van der Waals surface area contributed by atoms with E-state index in [0.29, 0.717) is 6.04 Å². The van der Waals surface area contributed by atoms with E-state index in [1.165, 1.54) is 30.8 Å². The fraction of sp³-hybridized carbons (Fsp3) is 0.818. The second kappa shape index (κ2) is 3.96. The van der Waals surface area contributed by atoms with Crippen molar-refractivity contribution >= 4 is 16.7 Å². The standard InChI is InChI=1S/C11H17N3OS/c1-11(6-2-3-7-15-11)9-13-10(16-14-9)12-8-4-5-8/h8H,2-7H2,1H3,(H,12,13,14). The minimum absolute atomic E-state index is 0.252. The predicted octanol–water partition coefficient (Wildman–Crippen LogP) is 2.53. The number of rotatable bonds is 3. The molecule has 88 valence electrons. The Morgan fingerprint density at radius 1 is 1.44 bits per heavy atom. The summed E-state index contributed by atoms with van der Waals surface area (Å²) in [5, 5.41) is 4.33. The second-order valence-electron chi connectivity index (χ2n) is 4.88. The average molecular weight is 239 g/mol. The van der Waals surface area contributed by atoms with E-state index in [1.807, 2.05) is 0 Å². The van der Waals surface area contributed by atoms with E-state index in [1.54, 1.807) is 0 Å². The molecule has 4 nitrogen and oxygen atoms in total. The molecule has 0 spiro atoms. The largest absolute Gasteiger partial charge is 0.367 e. The van der Waals surface area contributed by atoms with Gasteiger partial charge in [-0.3, -0.25) is 0 Å². The summed E-state index contributed by atoms with van der Waals surface area (Å²) in [4.78, 5) is 4.56. The zero-order valence-corrected chi connectivity index (χ0v) is 10.3. The lowest BCUT2D eigenvalue weighted by molar-refractivity contribution is -0.0752. The van der Waals surface area contributed by atoms with Crippen LogP contribution in [0, 0.1) is 0 Å². The van der Waals surface area contributed by atoms with E-state index in [0.717, 1.165) is 30.4 Å². The minimum Gasteiger partial charge on any atom is -0.367 e. The molecule has 0 radical (unpaired) electrons. The van der Waals surface area contributed by atoms with E-state index in [2.05, 4.69) is 21.6 Å². The molecule has 1 aliphatic carbocycles. The molecule has 1 aromatic heterocycles. The molecular formula is C11H17N3OS. The summed E-state index contributed by atoms with van der Waals surface area (Å²) < 4.78 is 10.3. The van der Waals surface area contributed by atoms with Crippen LogP contribution in [-0.4, -0.2) is 22.0 Å². The number of nitrogens with zero attached hydrogens (tertiary/aromatic N) is 2. The van der Waals surface area contributed by atoms with Crippen LogP contribution in [0.5, 0.6) is 0 Å². The van der Waals surface area contributed by atoms with Gasteiger partial charge in [0.15, 0.2) is 5.82 Å². The highest BCUT2D eigenvalue weighted by molar-refractivity contribution is 7.09. The Labute approximate surface area is 99.6 Å². The van der Waals surface area contributed by atoms with Gasteiger partial charge in [0.05, 0.1) is 0 Å². The first-order valence-corrected chi connectivity index (χ1v) is 6.78. The molecule has 2 aliphatic rings. The first-order chi connectivity index (χ1) is 7.76. The summed E-state index contributed by atoms with van der Waals surface area (Å²) in [6, 6.07) is 0.640. The van der Waals surface area contributed by atoms with Crippen LogP contribution >= 0.6 is 11.5 Å². The average Bonchev–Trinajstić information content (AvgIpc) is 2.95. The number of hydrogen-bond donors (Lipinski definition) is 1. The van der Waals surface area contributed by atoms with Crippen molar-refractivity contribution in [3.63, 3.8) is 0 Å². The van der Waals surface area contributed by atoms with Crippen molar-refractivity contribution in [2.75, 3.05) is 11.9 Å². The molecular weight excluding hydrogens is 222 g/mol. The van der Waals surface area contributed by atoms with Crippen LogP contribution in [-0.2, 0) is 10.3 Å². The highest BCUT2D eigenvalue weighted by Crippen LogP contribution is 2.35. The quantitative estimate of drug-likeness (QED) is 0.880. The smallest absolute Gasteiger partial charge is 0.202 e. The first-order valence-electron chi connectivity index (χ1n) is 6.01. The number of anilines is 1. The lowest BCUT2D eigenvalue weighted by atomic mass is 9.95. The Morgan fingerprint density at radius 3 is 3.00 bits per heavy atom. The Bertz CT molecular complexity index is 369. The van der Waals surface area contributed by atoms with Crippen LogP contribution in [0.25, 0.3) is 0 Å². The zero-order chi connectivity index (χ0) is 11.0. The van der Waals surface area contributed by atoms with Crippen molar-refractivity contribution in [2.24, 2.45) is 0 Å². The van der Waals surface area contributed by atoms with Crippen molar-refractivity contribution in [3.8, 4) is 0 Å². The van der Waals surface area contributed by atoms with Gasteiger partial charge < -0.3 is 10.1 Å². The first kappa shape index (κ1) is 10.5. The van der Waals surface area contributed by atoms with E-state index in [9.17, 15) is 0 Å². The summed E-state index contributed by atoms with van der Waals surface area (Å²) in [5.41, 5.74) is -0.252. The third kappa shape index (κ3) is 2.06. The number of hydrogen-bond acceptors (Lipinski definition) is 5. The van der Waals surface area contributed by atoms with Gasteiger partial charge in [0.25, 0.3) is 0 Å². The Hall–Kier alpha value is -0.680. The fourth-order valence-corrected chi connectivity index (χ4v) is 2.76. The number of nitrogens with one attached hydrogen (secondary N) is 1. The fourth-order valence-electron chi connectivity index (χ4n) is 2.01. The molecule has 3 rings (SSSR count). The molecule has 0 amide bonds. The Kier molecular flexibility index (Phi) is 2.59. The maximum Gasteiger partial charge on any atom is 0.202 e. The normalized spacial score (nSPS) is 30.3. The van der Waals surface area contributed by atoms with Crippen molar-refractivity contribution in [2.45, 2.75) is 50.7 Å². The summed E-state index contributed by atoms with van der Waals surface area (Å²) in [6.45, 7) is 2.94. The van der Waals surface area contributed by atoms with Crippen LogP contribution in [0.1, 0.15) is 44.9 Å². The Balaban J connectivity index is 1.74. The van der Waals surface area contributed by atoms with Gasteiger partial charge in [-0.1, -0.05) is 0 Å². The van der Waals surface area contributed by atoms with E-state index in [-0.39, 0.29) is 5.60 Å². The predicted molar refractivity (Wildman–Crippen MR) is 63.7 cm³/mol. The van der Waals surface area contributed by atoms with E-state index < -0.39 is 0 Å². The molecule has 0 bridgehead atoms. The van der Waals surface area contributed by atoms with Crippen LogP contribution in [0.4, 0.5) is 5.13 Å². The van der Waals surface area contributed by atoms with Gasteiger partial charge in [-0.2, -0.15) is 4.37 Å². The van der Waals surface area contributed by atoms with Crippen molar-refractivity contribution in [1.29, 1.82) is 0 Å². The SMILES string of the molecule is CC1(c2nsc(NC3CC3)n2)CCCCO1. The van der Waals surface area contributed by atoms with Crippen LogP contribution < -0.4 is 5.32 Å². The maximum atomic E-state index is 5.84. The van der Waals surface area contributed by atoms with Gasteiger partial charge in [-0.25, -0.2) is 4.98 Å². The molecule has 1 atom stereocenters. The summed E-state index contributed by atoms with van der Waals surface area (Å²) in [6.07, 6.45) is 5.94. The molecule has 1 saturated heterocycles. The molecule has 1 unspecified atom stereocenters. The molecule has 2 heterocycles. The second-order valence-corrected chi connectivity index (χ2v) is 5.63. The molecule has 1 N–H and O–H groups in total. The summed E-state index contributed by atoms with van der Waals surface area (Å²) in [7, 11) is 0. The third-order valence-corrected chi connectivity index (χ3v) is 3.92. The third-order valence-electron chi connectivity index (χ3n) is 3.27. The minimum atomic E-state index is -0.252. The van der Waals surface area contributed by atoms with Crippen LogP contribution in [0.15, 0.2) is 0 Å². The molecule has 1 aromatic rings. The monoisotopic (exact) mass is 239 g/mol. The number of ether oxygens (including phenoxy) is 1. The van der Waals surface area contributed by atoms with Gasteiger partial charge in [-0.15, -0.1) is 0 Å². The van der Waals surface area contributed by atoms with Gasteiger partial charge in [-0.05, 0) is 39.0 Å². The van der Waals surface area contributed by atoms with E-state index in [4.69, 9.17) is 4.74 Å². The molecule has 0 aromatic carbocycles. The van der Waals surface area contributed by atoms with Gasteiger partial charge in [0.1, 0.15) is 5.60 Å². The highest BCUT2D eigenvalue weighted by Gasteiger charge is 2.34. The molecule has 16 heavy (non-hydrogen) atoms. The van der Waals surface area contributed by atoms with Gasteiger partial charge in [0, 0.05) is 24.2 Å². The summed E-state index contributed by atoms with van der Waals surface area (Å²) in [5.74, 6) is 0.861. The highest BCUT2D eigenvalue weighted by atomic mass is 32.1. The molecule has 1 aliphatic heterocycles. The van der Waals surface area contributed by atoms with Gasteiger partial charge >= 0.3 is 0 Å². The number of aromatic nitrogens is 2. The maximum absolute atomic E-state index is 5.84. The topological polar surface area (TPSA) is 47.0 Å². The molecule has 5 heteroatoms. The zero-order valence-electron chi connectivity index (χ0n) is 9.53. The molecule has 1 saturated carbocycles. The van der Waals surface area contributed by atoms with E-state index >= 15 is 0 Å². The van der Waals surface area contributed by atoms with Crippen molar-refractivity contribution in [1.82, 2.24) is 9.36 Å². The molecule has 2 fully saturated rings.